The molecule has 0 spiro atoms. The van der Waals surface area contributed by atoms with E-state index in [1.807, 2.05) is 21.1 Å². The van der Waals surface area contributed by atoms with Crippen molar-refractivity contribution in [1.82, 2.24) is 5.32 Å². The molecule has 3 unspecified atom stereocenters. The van der Waals surface area contributed by atoms with Crippen LogP contribution in [0.15, 0.2) is 0 Å². The fourth-order valence-electron chi connectivity index (χ4n) is 5.69. The van der Waals surface area contributed by atoms with Gasteiger partial charge in [-0.05, 0) is 12.8 Å². The molecule has 0 aliphatic rings. The normalized spacial score (nSPS) is 14.7. The summed E-state index contributed by atoms with van der Waals surface area (Å²) in [6, 6.07) is -0.748. The third kappa shape index (κ3) is 32.1. The number of likely N-dealkylation sites (N-methyl/N-ethyl adjacent to an activating group) is 1. The third-order valence-electron chi connectivity index (χ3n) is 8.86. The van der Waals surface area contributed by atoms with Crippen LogP contribution < -0.4 is 5.32 Å². The monoisotopic (exact) mass is 678 g/mol. The highest BCUT2D eigenvalue weighted by Gasteiger charge is 2.28. The molecule has 46 heavy (non-hydrogen) atoms. The Balaban J connectivity index is 3.94. The van der Waals surface area contributed by atoms with Gasteiger partial charge < -0.3 is 19.8 Å². The zero-order valence-corrected chi connectivity index (χ0v) is 32.0. The van der Waals surface area contributed by atoms with Crippen LogP contribution in [0.2, 0.25) is 0 Å². The van der Waals surface area contributed by atoms with Crippen molar-refractivity contribution >= 4 is 13.7 Å². The number of phosphoric acid groups is 1. The molecule has 0 radical (unpaired) electrons. The largest absolute Gasteiger partial charge is 0.472 e. The summed E-state index contributed by atoms with van der Waals surface area (Å²) in [5.74, 6) is -0.153. The zero-order valence-electron chi connectivity index (χ0n) is 31.1. The van der Waals surface area contributed by atoms with Crippen LogP contribution in [0.1, 0.15) is 181 Å². The third-order valence-corrected chi connectivity index (χ3v) is 9.84. The van der Waals surface area contributed by atoms with Crippen LogP contribution in [0, 0.1) is 0 Å². The number of amides is 1. The fraction of sp³-hybridized carbons (Fsp3) is 0.973. The van der Waals surface area contributed by atoms with E-state index in [1.54, 1.807) is 0 Å². The van der Waals surface area contributed by atoms with Gasteiger partial charge in [0.25, 0.3) is 0 Å². The number of quaternary nitrogens is 1. The Morgan fingerprint density at radius 3 is 1.46 bits per heavy atom. The number of nitrogens with zero attached hydrogens (tertiary/aromatic N) is 1. The van der Waals surface area contributed by atoms with E-state index in [9.17, 15) is 19.4 Å². The number of hydrogen-bond donors (Lipinski definition) is 3. The number of phosphoric ester groups is 1. The molecule has 0 aliphatic heterocycles. The molecule has 276 valence electrons. The second-order valence-corrected chi connectivity index (χ2v) is 16.1. The Bertz CT molecular complexity index is 733. The Kier molecular flexibility index (Phi) is 30.2. The SMILES string of the molecule is CCCCCCCCCCCCCCCCCCCCCCCC(=O)NC(COP(=O)(O)OCC[N+](C)(C)C)C(O)CCCCC. The van der Waals surface area contributed by atoms with Crippen LogP contribution in [-0.2, 0) is 18.4 Å². The van der Waals surface area contributed by atoms with Gasteiger partial charge >= 0.3 is 7.82 Å². The van der Waals surface area contributed by atoms with E-state index in [4.69, 9.17) is 9.05 Å². The molecular weight excluding hydrogens is 599 g/mol. The van der Waals surface area contributed by atoms with Crippen molar-refractivity contribution in [2.45, 2.75) is 193 Å². The van der Waals surface area contributed by atoms with Gasteiger partial charge in [-0.3, -0.25) is 13.8 Å². The van der Waals surface area contributed by atoms with E-state index < -0.39 is 20.0 Å². The smallest absolute Gasteiger partial charge is 0.391 e. The van der Waals surface area contributed by atoms with Gasteiger partial charge in [-0.1, -0.05) is 162 Å². The molecule has 3 atom stereocenters. The summed E-state index contributed by atoms with van der Waals surface area (Å²) in [6.07, 6.45) is 30.7. The molecule has 0 aromatic heterocycles. The first-order valence-electron chi connectivity index (χ1n) is 19.4. The van der Waals surface area contributed by atoms with Gasteiger partial charge in [-0.2, -0.15) is 0 Å². The molecule has 0 fully saturated rings. The highest BCUT2D eigenvalue weighted by Crippen LogP contribution is 2.43. The minimum Gasteiger partial charge on any atom is -0.391 e. The number of hydrogen-bond acceptors (Lipinski definition) is 5. The molecule has 0 bridgehead atoms. The van der Waals surface area contributed by atoms with E-state index in [0.29, 0.717) is 23.9 Å². The molecule has 0 rings (SSSR count). The molecule has 0 heterocycles. The first-order chi connectivity index (χ1) is 22.0. The van der Waals surface area contributed by atoms with Crippen molar-refractivity contribution in [2.75, 3.05) is 40.9 Å². The Hall–Kier alpha value is -0.500. The van der Waals surface area contributed by atoms with Gasteiger partial charge in [-0.15, -0.1) is 0 Å². The zero-order chi connectivity index (χ0) is 34.4. The lowest BCUT2D eigenvalue weighted by Crippen LogP contribution is -2.46. The number of carbonyl (C=O) groups is 1. The van der Waals surface area contributed by atoms with Crippen molar-refractivity contribution in [3.8, 4) is 0 Å². The van der Waals surface area contributed by atoms with Crippen LogP contribution in [0.25, 0.3) is 0 Å². The number of aliphatic hydroxyl groups excluding tert-OH is 1. The topological polar surface area (TPSA) is 105 Å². The van der Waals surface area contributed by atoms with Crippen LogP contribution in [0.5, 0.6) is 0 Å². The lowest BCUT2D eigenvalue weighted by molar-refractivity contribution is -0.870. The predicted molar refractivity (Wildman–Crippen MR) is 194 cm³/mol. The van der Waals surface area contributed by atoms with E-state index >= 15 is 0 Å². The molecule has 0 saturated carbocycles. The van der Waals surface area contributed by atoms with Gasteiger partial charge in [0.05, 0.1) is 39.9 Å². The molecule has 9 heteroatoms. The van der Waals surface area contributed by atoms with Crippen LogP contribution in [0.3, 0.4) is 0 Å². The summed E-state index contributed by atoms with van der Waals surface area (Å²) in [5.41, 5.74) is 0. The molecule has 8 nitrogen and oxygen atoms in total. The first kappa shape index (κ1) is 45.5. The van der Waals surface area contributed by atoms with Crippen molar-refractivity contribution in [1.29, 1.82) is 0 Å². The van der Waals surface area contributed by atoms with Crippen LogP contribution >= 0.6 is 7.82 Å². The summed E-state index contributed by atoms with van der Waals surface area (Å²) in [7, 11) is 1.62. The molecule has 0 saturated heterocycles. The Morgan fingerprint density at radius 2 is 1.04 bits per heavy atom. The number of aliphatic hydroxyl groups is 1. The molecule has 0 aromatic rings. The first-order valence-corrected chi connectivity index (χ1v) is 20.9. The molecule has 0 aromatic carbocycles. The second-order valence-electron chi connectivity index (χ2n) is 14.7. The molecule has 0 aliphatic carbocycles. The van der Waals surface area contributed by atoms with Crippen LogP contribution in [-0.4, -0.2) is 73.4 Å². The van der Waals surface area contributed by atoms with E-state index in [1.165, 1.54) is 116 Å². The summed E-state index contributed by atoms with van der Waals surface area (Å²) in [5, 5.41) is 13.6. The number of unbranched alkanes of at least 4 members (excludes halogenated alkanes) is 22. The fourth-order valence-corrected chi connectivity index (χ4v) is 6.43. The maximum absolute atomic E-state index is 12.7. The minimum absolute atomic E-state index is 0.0762. The molecular formula is C37H78N2O6P+. The maximum atomic E-state index is 12.7. The predicted octanol–water partition coefficient (Wildman–Crippen LogP) is 9.85. The maximum Gasteiger partial charge on any atom is 0.472 e. The lowest BCUT2D eigenvalue weighted by Gasteiger charge is -2.26. The average Bonchev–Trinajstić information content (AvgIpc) is 2.99. The summed E-state index contributed by atoms with van der Waals surface area (Å²) in [4.78, 5) is 22.7. The summed E-state index contributed by atoms with van der Waals surface area (Å²) in [6.45, 7) is 4.73. The second kappa shape index (κ2) is 30.6. The highest BCUT2D eigenvalue weighted by molar-refractivity contribution is 7.47. The number of rotatable bonds is 35. The summed E-state index contributed by atoms with van der Waals surface area (Å²) < 4.78 is 23.2. The van der Waals surface area contributed by atoms with Gasteiger partial charge in [0.15, 0.2) is 0 Å². The van der Waals surface area contributed by atoms with Gasteiger partial charge in [0.2, 0.25) is 5.91 Å². The van der Waals surface area contributed by atoms with E-state index in [2.05, 4.69) is 19.2 Å². The highest BCUT2D eigenvalue weighted by atomic mass is 31.2. The van der Waals surface area contributed by atoms with Crippen LogP contribution in [0.4, 0.5) is 0 Å². The molecule has 1 amide bonds. The minimum atomic E-state index is -4.28. The Labute approximate surface area is 285 Å². The molecule has 3 N–H and O–H groups in total. The standard InChI is InChI=1S/C37H77N2O6P/c1-6-8-10-11-12-13-14-15-16-17-18-19-20-21-22-23-24-25-26-27-29-31-37(41)38-35(36(40)30-28-9-7-2)34-45-46(42,43)44-33-32-39(3,4)5/h35-36,40H,6-34H2,1-5H3,(H-,38,41,42,43)/p+1. The van der Waals surface area contributed by atoms with Crippen molar-refractivity contribution in [3.05, 3.63) is 0 Å². The summed E-state index contributed by atoms with van der Waals surface area (Å²) >= 11 is 0. The van der Waals surface area contributed by atoms with Crippen molar-refractivity contribution in [2.24, 2.45) is 0 Å². The number of carbonyl (C=O) groups excluding carboxylic acids is 1. The Morgan fingerprint density at radius 1 is 0.652 bits per heavy atom. The van der Waals surface area contributed by atoms with Crippen molar-refractivity contribution < 1.29 is 32.9 Å². The van der Waals surface area contributed by atoms with E-state index in [-0.39, 0.29) is 19.1 Å². The van der Waals surface area contributed by atoms with E-state index in [0.717, 1.165) is 38.5 Å². The number of nitrogens with one attached hydrogen (secondary N) is 1. The van der Waals surface area contributed by atoms with Gasteiger partial charge in [0, 0.05) is 6.42 Å². The van der Waals surface area contributed by atoms with Gasteiger partial charge in [-0.25, -0.2) is 4.57 Å². The lowest BCUT2D eigenvalue weighted by atomic mass is 10.0. The average molecular weight is 678 g/mol. The quantitative estimate of drug-likeness (QED) is 0.0350. The van der Waals surface area contributed by atoms with Gasteiger partial charge in [0.1, 0.15) is 13.2 Å². The van der Waals surface area contributed by atoms with Crippen molar-refractivity contribution in [3.63, 3.8) is 0 Å².